The lowest BCUT2D eigenvalue weighted by molar-refractivity contribution is -0.131. The molecule has 0 radical (unpaired) electrons. The molecule has 2 amide bonds. The Kier molecular flexibility index (Phi) is 7.59. The van der Waals surface area contributed by atoms with E-state index in [9.17, 15) is 9.59 Å². The zero-order valence-corrected chi connectivity index (χ0v) is 16.9. The lowest BCUT2D eigenvalue weighted by Gasteiger charge is -2.27. The summed E-state index contributed by atoms with van der Waals surface area (Å²) in [6, 6.07) is 16.1. The van der Waals surface area contributed by atoms with Crippen LogP contribution < -0.4 is 4.90 Å². The molecule has 2 rings (SSSR count). The molecule has 0 bridgehead atoms. The van der Waals surface area contributed by atoms with Gasteiger partial charge in [-0.15, -0.1) is 0 Å². The average Bonchev–Trinajstić information content (AvgIpc) is 2.67. The van der Waals surface area contributed by atoms with E-state index in [1.807, 2.05) is 67.3 Å². The second-order valence-corrected chi connectivity index (χ2v) is 6.75. The van der Waals surface area contributed by atoms with Gasteiger partial charge in [-0.3, -0.25) is 9.59 Å². The molecule has 27 heavy (non-hydrogen) atoms. The number of benzene rings is 2. The van der Waals surface area contributed by atoms with Crippen molar-refractivity contribution in [2.75, 3.05) is 18.0 Å². The van der Waals surface area contributed by atoms with Crippen molar-refractivity contribution < 1.29 is 9.59 Å². The monoisotopic (exact) mass is 366 g/mol. The average molecular weight is 367 g/mol. The fourth-order valence-corrected chi connectivity index (χ4v) is 3.36. The predicted molar refractivity (Wildman–Crippen MR) is 111 cm³/mol. The Morgan fingerprint density at radius 3 is 2.26 bits per heavy atom. The Balaban J connectivity index is 2.11. The van der Waals surface area contributed by atoms with E-state index in [2.05, 4.69) is 6.92 Å². The van der Waals surface area contributed by atoms with E-state index in [-0.39, 0.29) is 11.8 Å². The van der Waals surface area contributed by atoms with Crippen LogP contribution in [-0.4, -0.2) is 29.8 Å². The van der Waals surface area contributed by atoms with Gasteiger partial charge in [-0.1, -0.05) is 55.5 Å². The zero-order valence-electron chi connectivity index (χ0n) is 16.9. The molecule has 0 saturated carbocycles. The van der Waals surface area contributed by atoms with Crippen molar-refractivity contribution in [1.82, 2.24) is 4.90 Å². The Morgan fingerprint density at radius 1 is 0.963 bits per heavy atom. The van der Waals surface area contributed by atoms with Crippen molar-refractivity contribution in [3.05, 3.63) is 65.2 Å². The molecule has 4 nitrogen and oxygen atoms in total. The van der Waals surface area contributed by atoms with Crippen molar-refractivity contribution in [3.8, 4) is 0 Å². The number of carbonyl (C=O) groups is 2. The van der Waals surface area contributed by atoms with Crippen molar-refractivity contribution in [1.29, 1.82) is 0 Å². The maximum Gasteiger partial charge on any atom is 0.224 e. The predicted octanol–water partition coefficient (Wildman–Crippen LogP) is 4.35. The van der Waals surface area contributed by atoms with E-state index >= 15 is 0 Å². The molecule has 4 heteroatoms. The van der Waals surface area contributed by atoms with Crippen molar-refractivity contribution in [3.63, 3.8) is 0 Å². The molecule has 0 aliphatic rings. The lowest BCUT2D eigenvalue weighted by atomic mass is 10.0. The number of para-hydroxylation sites is 1. The molecule has 0 atom stereocenters. The third-order valence-electron chi connectivity index (χ3n) is 4.85. The Morgan fingerprint density at radius 2 is 1.67 bits per heavy atom. The number of nitrogens with zero attached hydrogens (tertiary/aromatic N) is 2. The van der Waals surface area contributed by atoms with Crippen LogP contribution in [0.5, 0.6) is 0 Å². The summed E-state index contributed by atoms with van der Waals surface area (Å²) in [5.41, 5.74) is 4.26. The smallest absolute Gasteiger partial charge is 0.224 e. The fraction of sp³-hybridized carbons (Fsp3) is 0.391. The summed E-state index contributed by atoms with van der Waals surface area (Å²) in [6.45, 7) is 9.30. The molecule has 0 heterocycles. The van der Waals surface area contributed by atoms with Crippen LogP contribution >= 0.6 is 0 Å². The van der Waals surface area contributed by atoms with Crippen molar-refractivity contribution >= 4 is 17.5 Å². The minimum Gasteiger partial charge on any atom is -0.339 e. The van der Waals surface area contributed by atoms with Crippen LogP contribution in [0.15, 0.2) is 48.5 Å². The number of hydrogen-bond acceptors (Lipinski definition) is 2. The van der Waals surface area contributed by atoms with Crippen LogP contribution in [0, 0.1) is 6.92 Å². The molecular weight excluding hydrogens is 336 g/mol. The van der Waals surface area contributed by atoms with Gasteiger partial charge in [0, 0.05) is 38.7 Å². The van der Waals surface area contributed by atoms with Gasteiger partial charge in [-0.05, 0) is 37.0 Å². The third-order valence-corrected chi connectivity index (χ3v) is 4.85. The Labute approximate surface area is 162 Å². The summed E-state index contributed by atoms with van der Waals surface area (Å²) in [6.07, 6.45) is 1.17. The molecule has 0 aromatic heterocycles. The summed E-state index contributed by atoms with van der Waals surface area (Å²) < 4.78 is 0. The van der Waals surface area contributed by atoms with Crippen LogP contribution in [0.4, 0.5) is 5.69 Å². The van der Waals surface area contributed by atoms with E-state index in [4.69, 9.17) is 0 Å². The highest BCUT2D eigenvalue weighted by Gasteiger charge is 2.20. The van der Waals surface area contributed by atoms with E-state index in [1.54, 1.807) is 11.8 Å². The Hall–Kier alpha value is -2.62. The summed E-state index contributed by atoms with van der Waals surface area (Å²) in [7, 11) is 0. The van der Waals surface area contributed by atoms with Gasteiger partial charge < -0.3 is 9.80 Å². The SMILES string of the molecule is CCc1cccc(C)c1N(CCC(=O)N(CC)Cc1ccccc1)C(C)=O. The first-order chi connectivity index (χ1) is 13.0. The second kappa shape index (κ2) is 9.91. The summed E-state index contributed by atoms with van der Waals surface area (Å²) in [5, 5.41) is 0. The maximum atomic E-state index is 12.8. The van der Waals surface area contributed by atoms with Crippen LogP contribution in [-0.2, 0) is 22.6 Å². The molecule has 0 spiro atoms. The molecule has 0 aliphatic heterocycles. The van der Waals surface area contributed by atoms with Crippen LogP contribution in [0.3, 0.4) is 0 Å². The fourth-order valence-electron chi connectivity index (χ4n) is 3.36. The molecule has 0 aliphatic carbocycles. The van der Waals surface area contributed by atoms with Crippen molar-refractivity contribution in [2.24, 2.45) is 0 Å². The van der Waals surface area contributed by atoms with Gasteiger partial charge in [0.05, 0.1) is 0 Å². The standard InChI is InChI=1S/C23H30N2O2/c1-5-21-14-10-11-18(3)23(21)25(19(4)26)16-15-22(27)24(6-2)17-20-12-8-7-9-13-20/h7-14H,5-6,15-17H2,1-4H3. The summed E-state index contributed by atoms with van der Waals surface area (Å²) in [5.74, 6) is 0.0390. The van der Waals surface area contributed by atoms with Gasteiger partial charge in [0.25, 0.3) is 0 Å². The molecular formula is C23H30N2O2. The number of hydrogen-bond donors (Lipinski definition) is 0. The van der Waals surface area contributed by atoms with Gasteiger partial charge in [0.2, 0.25) is 11.8 Å². The molecule has 2 aromatic rings. The van der Waals surface area contributed by atoms with Crippen LogP contribution in [0.1, 0.15) is 43.9 Å². The number of amides is 2. The summed E-state index contributed by atoms with van der Waals surface area (Å²) >= 11 is 0. The summed E-state index contributed by atoms with van der Waals surface area (Å²) in [4.78, 5) is 28.7. The zero-order chi connectivity index (χ0) is 19.8. The van der Waals surface area contributed by atoms with Gasteiger partial charge in [0.15, 0.2) is 0 Å². The minimum absolute atomic E-state index is 0.0297. The first-order valence-corrected chi connectivity index (χ1v) is 9.66. The van der Waals surface area contributed by atoms with E-state index in [0.717, 1.165) is 28.8 Å². The van der Waals surface area contributed by atoms with Gasteiger partial charge >= 0.3 is 0 Å². The first kappa shape index (κ1) is 20.7. The lowest BCUT2D eigenvalue weighted by Crippen LogP contribution is -2.36. The first-order valence-electron chi connectivity index (χ1n) is 9.66. The van der Waals surface area contributed by atoms with Crippen LogP contribution in [0.2, 0.25) is 0 Å². The molecule has 2 aromatic carbocycles. The van der Waals surface area contributed by atoms with Gasteiger partial charge in [-0.2, -0.15) is 0 Å². The number of rotatable bonds is 8. The highest BCUT2D eigenvalue weighted by Crippen LogP contribution is 2.26. The number of carbonyl (C=O) groups excluding carboxylic acids is 2. The molecule has 0 saturated heterocycles. The molecule has 0 N–H and O–H groups in total. The largest absolute Gasteiger partial charge is 0.339 e. The molecule has 0 fully saturated rings. The topological polar surface area (TPSA) is 40.6 Å². The number of anilines is 1. The minimum atomic E-state index is -0.0297. The van der Waals surface area contributed by atoms with Crippen molar-refractivity contribution in [2.45, 2.75) is 47.1 Å². The highest BCUT2D eigenvalue weighted by atomic mass is 16.2. The van der Waals surface area contributed by atoms with Gasteiger partial charge in [0.1, 0.15) is 0 Å². The second-order valence-electron chi connectivity index (χ2n) is 6.75. The number of aryl methyl sites for hydroxylation is 2. The van der Waals surface area contributed by atoms with Gasteiger partial charge in [-0.25, -0.2) is 0 Å². The van der Waals surface area contributed by atoms with E-state index in [1.165, 1.54) is 0 Å². The Bertz CT molecular complexity index is 771. The van der Waals surface area contributed by atoms with E-state index in [0.29, 0.717) is 26.1 Å². The molecule has 0 unspecified atom stereocenters. The molecule has 144 valence electrons. The van der Waals surface area contributed by atoms with Crippen LogP contribution in [0.25, 0.3) is 0 Å². The normalized spacial score (nSPS) is 10.5. The quantitative estimate of drug-likeness (QED) is 0.697. The maximum absolute atomic E-state index is 12.8. The third kappa shape index (κ3) is 5.43. The van der Waals surface area contributed by atoms with E-state index < -0.39 is 0 Å². The highest BCUT2D eigenvalue weighted by molar-refractivity contribution is 5.94.